The lowest BCUT2D eigenvalue weighted by atomic mass is 10.1. The van der Waals surface area contributed by atoms with Crippen molar-refractivity contribution in [1.82, 2.24) is 5.32 Å². The minimum atomic E-state index is 0.133. The molecule has 0 spiro atoms. The highest BCUT2D eigenvalue weighted by Gasteiger charge is 2.23. The molecule has 0 amide bonds. The Morgan fingerprint density at radius 3 is 2.70 bits per heavy atom. The number of halogens is 1. The second-order valence-corrected chi connectivity index (χ2v) is 7.53. The van der Waals surface area contributed by atoms with Gasteiger partial charge in [-0.15, -0.1) is 0 Å². The summed E-state index contributed by atoms with van der Waals surface area (Å²) in [5, 5.41) is 12.7. The van der Waals surface area contributed by atoms with Crippen LogP contribution in [0.3, 0.4) is 0 Å². The Morgan fingerprint density at radius 2 is 2.15 bits per heavy atom. The molecule has 1 aliphatic heterocycles. The molecular formula is C16H25BrN2O. The minimum absolute atomic E-state index is 0.133. The van der Waals surface area contributed by atoms with Crippen LogP contribution in [0.15, 0.2) is 22.7 Å². The van der Waals surface area contributed by atoms with E-state index in [-0.39, 0.29) is 5.54 Å². The number of hydrogen-bond donors (Lipinski definition) is 2. The highest BCUT2D eigenvalue weighted by atomic mass is 79.9. The first-order chi connectivity index (χ1) is 9.39. The summed E-state index contributed by atoms with van der Waals surface area (Å²) in [4.78, 5) is 2.35. The predicted octanol–water partition coefficient (Wildman–Crippen LogP) is 3.16. The van der Waals surface area contributed by atoms with Crippen LogP contribution in [0.1, 0.15) is 32.8 Å². The average molecular weight is 341 g/mol. The van der Waals surface area contributed by atoms with Gasteiger partial charge in [0.25, 0.3) is 0 Å². The fourth-order valence-electron chi connectivity index (χ4n) is 2.48. The fourth-order valence-corrected chi connectivity index (χ4v) is 3.16. The normalized spacial score (nSPS) is 19.6. The van der Waals surface area contributed by atoms with Crippen LogP contribution in [0.25, 0.3) is 0 Å². The number of benzene rings is 1. The van der Waals surface area contributed by atoms with Gasteiger partial charge in [-0.3, -0.25) is 0 Å². The van der Waals surface area contributed by atoms with Crippen molar-refractivity contribution in [2.75, 3.05) is 24.6 Å². The molecule has 0 bridgehead atoms. The van der Waals surface area contributed by atoms with E-state index < -0.39 is 0 Å². The lowest BCUT2D eigenvalue weighted by molar-refractivity contribution is 0.238. The van der Waals surface area contributed by atoms with Gasteiger partial charge in [-0.2, -0.15) is 0 Å². The predicted molar refractivity (Wildman–Crippen MR) is 88.1 cm³/mol. The van der Waals surface area contributed by atoms with E-state index in [1.165, 1.54) is 11.3 Å². The Hall–Kier alpha value is -0.580. The number of hydrogen-bond acceptors (Lipinski definition) is 3. The molecule has 4 heteroatoms. The Bertz CT molecular complexity index is 456. The van der Waals surface area contributed by atoms with Crippen molar-refractivity contribution in [3.63, 3.8) is 0 Å². The van der Waals surface area contributed by atoms with Crippen molar-refractivity contribution >= 4 is 21.6 Å². The molecule has 0 saturated carbocycles. The molecule has 112 valence electrons. The number of nitrogens with zero attached hydrogens (tertiary/aromatic N) is 1. The molecular weight excluding hydrogens is 316 g/mol. The van der Waals surface area contributed by atoms with Crippen LogP contribution in [0, 0.1) is 5.92 Å². The number of rotatable bonds is 4. The van der Waals surface area contributed by atoms with Crippen molar-refractivity contribution in [3.05, 3.63) is 28.2 Å². The number of aliphatic hydroxyl groups is 1. The van der Waals surface area contributed by atoms with E-state index in [1.807, 2.05) is 0 Å². The zero-order chi connectivity index (χ0) is 14.8. The molecule has 1 aromatic rings. The standard InChI is InChI=1S/C16H25BrN2O/c1-16(2,3)18-9-12-4-5-15(14(17)8-12)19-7-6-13(10-19)11-20/h4-5,8,13,18,20H,6-7,9-11H2,1-3H3. The first kappa shape index (κ1) is 15.8. The Morgan fingerprint density at radius 1 is 1.40 bits per heavy atom. The third-order valence-electron chi connectivity index (χ3n) is 3.72. The van der Waals surface area contributed by atoms with E-state index >= 15 is 0 Å². The van der Waals surface area contributed by atoms with Crippen molar-refractivity contribution < 1.29 is 5.11 Å². The fraction of sp³-hybridized carbons (Fsp3) is 0.625. The molecule has 0 aliphatic carbocycles. The van der Waals surface area contributed by atoms with Crippen molar-refractivity contribution in [2.24, 2.45) is 5.92 Å². The van der Waals surface area contributed by atoms with Crippen LogP contribution in [0.5, 0.6) is 0 Å². The topological polar surface area (TPSA) is 35.5 Å². The molecule has 1 aromatic carbocycles. The largest absolute Gasteiger partial charge is 0.396 e. The minimum Gasteiger partial charge on any atom is -0.396 e. The summed E-state index contributed by atoms with van der Waals surface area (Å²) in [6, 6.07) is 6.56. The maximum atomic E-state index is 9.24. The summed E-state index contributed by atoms with van der Waals surface area (Å²) >= 11 is 3.69. The van der Waals surface area contributed by atoms with Gasteiger partial charge < -0.3 is 15.3 Å². The van der Waals surface area contributed by atoms with Gasteiger partial charge in [0.15, 0.2) is 0 Å². The first-order valence-corrected chi connectivity index (χ1v) is 8.07. The van der Waals surface area contributed by atoms with Crippen LogP contribution < -0.4 is 10.2 Å². The molecule has 20 heavy (non-hydrogen) atoms. The summed E-state index contributed by atoms with van der Waals surface area (Å²) in [6.45, 7) is 9.68. The molecule has 3 nitrogen and oxygen atoms in total. The van der Waals surface area contributed by atoms with Gasteiger partial charge in [-0.1, -0.05) is 6.07 Å². The Labute approximate surface area is 130 Å². The summed E-state index contributed by atoms with van der Waals surface area (Å²) in [7, 11) is 0. The summed E-state index contributed by atoms with van der Waals surface area (Å²) < 4.78 is 1.14. The summed E-state index contributed by atoms with van der Waals surface area (Å²) in [5.41, 5.74) is 2.66. The van der Waals surface area contributed by atoms with Gasteiger partial charge in [-0.25, -0.2) is 0 Å². The molecule has 1 fully saturated rings. The second kappa shape index (κ2) is 6.46. The van der Waals surface area contributed by atoms with E-state index in [9.17, 15) is 5.11 Å². The lowest BCUT2D eigenvalue weighted by Crippen LogP contribution is -2.35. The van der Waals surface area contributed by atoms with Gasteiger partial charge >= 0.3 is 0 Å². The van der Waals surface area contributed by atoms with E-state index in [1.54, 1.807) is 0 Å². The molecule has 2 N–H and O–H groups in total. The summed E-state index contributed by atoms with van der Waals surface area (Å²) in [6.07, 6.45) is 1.08. The third-order valence-corrected chi connectivity index (χ3v) is 4.35. The van der Waals surface area contributed by atoms with Crippen LogP contribution in [0.4, 0.5) is 5.69 Å². The molecule has 1 atom stereocenters. The zero-order valence-corrected chi connectivity index (χ0v) is 14.2. The summed E-state index contributed by atoms with van der Waals surface area (Å²) in [5.74, 6) is 0.420. The van der Waals surface area contributed by atoms with E-state index in [0.717, 1.165) is 30.5 Å². The van der Waals surface area contributed by atoms with E-state index in [0.29, 0.717) is 12.5 Å². The molecule has 1 unspecified atom stereocenters. The molecule has 0 aromatic heterocycles. The number of nitrogens with one attached hydrogen (secondary N) is 1. The highest BCUT2D eigenvalue weighted by Crippen LogP contribution is 2.31. The quantitative estimate of drug-likeness (QED) is 0.883. The van der Waals surface area contributed by atoms with Crippen LogP contribution in [-0.2, 0) is 6.54 Å². The van der Waals surface area contributed by atoms with Crippen molar-refractivity contribution in [1.29, 1.82) is 0 Å². The van der Waals surface area contributed by atoms with Crippen molar-refractivity contribution in [3.8, 4) is 0 Å². The Balaban J connectivity index is 2.03. The van der Waals surface area contributed by atoms with Gasteiger partial charge in [0.05, 0.1) is 5.69 Å². The Kier molecular flexibility index (Phi) is 5.10. The molecule has 1 aliphatic rings. The third kappa shape index (κ3) is 4.21. The average Bonchev–Trinajstić information content (AvgIpc) is 2.84. The monoisotopic (exact) mass is 340 g/mol. The van der Waals surface area contributed by atoms with Gasteiger partial charge in [0.1, 0.15) is 0 Å². The molecule has 1 saturated heterocycles. The number of aliphatic hydroxyl groups excluding tert-OH is 1. The van der Waals surface area contributed by atoms with Crippen molar-refractivity contribution in [2.45, 2.75) is 39.3 Å². The van der Waals surface area contributed by atoms with Crippen LogP contribution in [0.2, 0.25) is 0 Å². The molecule has 0 radical (unpaired) electrons. The first-order valence-electron chi connectivity index (χ1n) is 7.28. The maximum absolute atomic E-state index is 9.24. The SMILES string of the molecule is CC(C)(C)NCc1ccc(N2CCC(CO)C2)c(Br)c1. The molecule has 1 heterocycles. The zero-order valence-electron chi connectivity index (χ0n) is 12.6. The molecule has 2 rings (SSSR count). The van der Waals surface area contributed by atoms with E-state index in [4.69, 9.17) is 0 Å². The number of anilines is 1. The van der Waals surface area contributed by atoms with Gasteiger partial charge in [-0.05, 0) is 60.8 Å². The van der Waals surface area contributed by atoms with Crippen LogP contribution >= 0.6 is 15.9 Å². The van der Waals surface area contributed by atoms with E-state index in [2.05, 4.69) is 65.1 Å². The van der Waals surface area contributed by atoms with Crippen LogP contribution in [-0.4, -0.2) is 30.3 Å². The lowest BCUT2D eigenvalue weighted by Gasteiger charge is -2.23. The smallest absolute Gasteiger partial charge is 0.0510 e. The van der Waals surface area contributed by atoms with Gasteiger partial charge in [0, 0.05) is 42.2 Å². The second-order valence-electron chi connectivity index (χ2n) is 6.67. The highest BCUT2D eigenvalue weighted by molar-refractivity contribution is 9.10. The maximum Gasteiger partial charge on any atom is 0.0510 e. The van der Waals surface area contributed by atoms with Gasteiger partial charge in [0.2, 0.25) is 0 Å².